The van der Waals surface area contributed by atoms with Crippen LogP contribution in [0, 0.1) is 0 Å². The molecule has 0 aliphatic rings. The molecule has 104 valence electrons. The largest absolute Gasteiger partial charge is 0.472 e. The lowest BCUT2D eigenvalue weighted by Gasteiger charge is -2.11. The SMILES string of the molecule is C=C(C)C(=O)OCCOP(=O)(O)OCCOC=O. The van der Waals surface area contributed by atoms with E-state index in [0.717, 1.165) is 0 Å². The predicted octanol–water partition coefficient (Wildman–Crippen LogP) is 0.412. The van der Waals surface area contributed by atoms with Crippen molar-refractivity contribution in [2.45, 2.75) is 6.92 Å². The maximum absolute atomic E-state index is 11.2. The van der Waals surface area contributed by atoms with E-state index in [1.54, 1.807) is 0 Å². The molecule has 0 spiro atoms. The molecule has 1 atom stereocenters. The van der Waals surface area contributed by atoms with Gasteiger partial charge in [-0.1, -0.05) is 6.58 Å². The maximum atomic E-state index is 11.2. The molecule has 8 nitrogen and oxygen atoms in total. The Morgan fingerprint density at radius 2 is 1.83 bits per heavy atom. The van der Waals surface area contributed by atoms with Gasteiger partial charge in [-0.15, -0.1) is 0 Å². The summed E-state index contributed by atoms with van der Waals surface area (Å²) in [6.45, 7) is 4.05. The molecule has 1 N–H and O–H groups in total. The van der Waals surface area contributed by atoms with E-state index >= 15 is 0 Å². The second-order valence-electron chi connectivity index (χ2n) is 3.02. The van der Waals surface area contributed by atoms with Gasteiger partial charge in [0.05, 0.1) is 13.2 Å². The highest BCUT2D eigenvalue weighted by Crippen LogP contribution is 2.42. The highest BCUT2D eigenvalue weighted by Gasteiger charge is 2.20. The minimum absolute atomic E-state index is 0.165. The molecule has 0 bridgehead atoms. The Bertz CT molecular complexity index is 339. The minimum Gasteiger partial charge on any atom is -0.465 e. The van der Waals surface area contributed by atoms with Gasteiger partial charge in [-0.3, -0.25) is 13.8 Å². The molecule has 18 heavy (non-hydrogen) atoms. The zero-order valence-corrected chi connectivity index (χ0v) is 10.8. The molecule has 0 radical (unpaired) electrons. The molecular formula is C9H15O8P. The summed E-state index contributed by atoms with van der Waals surface area (Å²) in [6.07, 6.45) is 0. The van der Waals surface area contributed by atoms with E-state index in [-0.39, 0.29) is 38.5 Å². The highest BCUT2D eigenvalue weighted by atomic mass is 31.2. The molecule has 0 aliphatic heterocycles. The normalized spacial score (nSPS) is 13.4. The van der Waals surface area contributed by atoms with Crippen LogP contribution in [-0.2, 0) is 32.7 Å². The number of phosphoric acid groups is 1. The lowest BCUT2D eigenvalue weighted by Crippen LogP contribution is -2.11. The van der Waals surface area contributed by atoms with Gasteiger partial charge >= 0.3 is 13.8 Å². The van der Waals surface area contributed by atoms with Gasteiger partial charge in [-0.05, 0) is 6.92 Å². The number of phosphoric ester groups is 1. The van der Waals surface area contributed by atoms with Gasteiger partial charge in [0.1, 0.15) is 13.2 Å². The van der Waals surface area contributed by atoms with Crippen LogP contribution in [0.5, 0.6) is 0 Å². The van der Waals surface area contributed by atoms with Crippen molar-refractivity contribution in [3.63, 3.8) is 0 Å². The summed E-state index contributed by atoms with van der Waals surface area (Å²) >= 11 is 0. The fourth-order valence-electron chi connectivity index (χ4n) is 0.696. The number of carbonyl (C=O) groups is 2. The van der Waals surface area contributed by atoms with Gasteiger partial charge < -0.3 is 14.4 Å². The van der Waals surface area contributed by atoms with Crippen LogP contribution in [0.4, 0.5) is 0 Å². The summed E-state index contributed by atoms with van der Waals surface area (Å²) in [6, 6.07) is 0. The number of rotatable bonds is 10. The number of ether oxygens (including phenoxy) is 2. The molecule has 1 unspecified atom stereocenters. The first-order chi connectivity index (χ1) is 8.39. The van der Waals surface area contributed by atoms with E-state index in [1.165, 1.54) is 6.92 Å². The molecule has 0 aromatic carbocycles. The van der Waals surface area contributed by atoms with Gasteiger partial charge in [-0.2, -0.15) is 0 Å². The van der Waals surface area contributed by atoms with Crippen molar-refractivity contribution >= 4 is 20.3 Å². The molecule has 0 saturated carbocycles. The van der Waals surface area contributed by atoms with Crippen LogP contribution in [-0.4, -0.2) is 43.8 Å². The summed E-state index contributed by atoms with van der Waals surface area (Å²) in [7, 11) is -4.23. The van der Waals surface area contributed by atoms with Crippen LogP contribution in [0.1, 0.15) is 6.92 Å². The fraction of sp³-hybridized carbons (Fsp3) is 0.556. The zero-order chi connectivity index (χ0) is 14.0. The third kappa shape index (κ3) is 8.89. The third-order valence-corrected chi connectivity index (χ3v) is 2.46. The van der Waals surface area contributed by atoms with Crippen molar-refractivity contribution < 1.29 is 37.6 Å². The van der Waals surface area contributed by atoms with Crippen LogP contribution >= 0.6 is 7.82 Å². The smallest absolute Gasteiger partial charge is 0.465 e. The first-order valence-corrected chi connectivity index (χ1v) is 6.38. The molecule has 0 rings (SSSR count). The van der Waals surface area contributed by atoms with Crippen molar-refractivity contribution in [1.82, 2.24) is 0 Å². The maximum Gasteiger partial charge on any atom is 0.472 e. The van der Waals surface area contributed by atoms with Crippen molar-refractivity contribution in [1.29, 1.82) is 0 Å². The standard InChI is InChI=1S/C9H15O8P/c1-8(2)9(11)15-4-6-17-18(12,13)16-5-3-14-7-10/h7H,1,3-6H2,2H3,(H,12,13). The average Bonchev–Trinajstić information content (AvgIpc) is 2.30. The number of hydrogen-bond donors (Lipinski definition) is 1. The summed E-state index contributed by atoms with van der Waals surface area (Å²) in [5.74, 6) is -0.619. The van der Waals surface area contributed by atoms with Gasteiger partial charge in [0.15, 0.2) is 0 Å². The molecule has 0 aromatic rings. The van der Waals surface area contributed by atoms with Crippen LogP contribution < -0.4 is 0 Å². The van der Waals surface area contributed by atoms with E-state index in [2.05, 4.69) is 25.1 Å². The van der Waals surface area contributed by atoms with Gasteiger partial charge in [0, 0.05) is 5.57 Å². The van der Waals surface area contributed by atoms with Crippen molar-refractivity contribution in [2.24, 2.45) is 0 Å². The Balaban J connectivity index is 3.70. The van der Waals surface area contributed by atoms with Crippen LogP contribution in [0.2, 0.25) is 0 Å². The Morgan fingerprint density at radius 1 is 1.28 bits per heavy atom. The molecule has 0 amide bonds. The summed E-state index contributed by atoms with van der Waals surface area (Å²) in [4.78, 5) is 29.8. The molecule has 0 aliphatic carbocycles. The lowest BCUT2D eigenvalue weighted by molar-refractivity contribution is -0.139. The minimum atomic E-state index is -4.23. The Kier molecular flexibility index (Phi) is 8.23. The van der Waals surface area contributed by atoms with Crippen LogP contribution in [0.15, 0.2) is 12.2 Å². The van der Waals surface area contributed by atoms with Crippen molar-refractivity contribution in [3.05, 3.63) is 12.2 Å². The predicted molar refractivity (Wildman–Crippen MR) is 59.5 cm³/mol. The van der Waals surface area contributed by atoms with Crippen molar-refractivity contribution in [3.8, 4) is 0 Å². The second kappa shape index (κ2) is 8.82. The topological polar surface area (TPSA) is 108 Å². The first kappa shape index (κ1) is 16.8. The molecular weight excluding hydrogens is 267 g/mol. The fourth-order valence-corrected chi connectivity index (χ4v) is 1.38. The summed E-state index contributed by atoms with van der Waals surface area (Å²) in [5, 5.41) is 0. The molecule has 0 aromatic heterocycles. The quantitative estimate of drug-likeness (QED) is 0.202. The van der Waals surface area contributed by atoms with E-state index in [1.807, 2.05) is 0 Å². The third-order valence-electron chi connectivity index (χ3n) is 1.44. The highest BCUT2D eigenvalue weighted by molar-refractivity contribution is 7.47. The molecule has 0 fully saturated rings. The van der Waals surface area contributed by atoms with Gasteiger partial charge in [-0.25, -0.2) is 9.36 Å². The van der Waals surface area contributed by atoms with E-state index in [4.69, 9.17) is 4.89 Å². The Labute approximate surface area is 104 Å². The zero-order valence-electron chi connectivity index (χ0n) is 9.87. The Hall–Kier alpha value is -1.21. The molecule has 9 heteroatoms. The van der Waals surface area contributed by atoms with Crippen LogP contribution in [0.3, 0.4) is 0 Å². The van der Waals surface area contributed by atoms with Gasteiger partial charge in [0.2, 0.25) is 0 Å². The second-order valence-corrected chi connectivity index (χ2v) is 4.47. The summed E-state index contributed by atoms with van der Waals surface area (Å²) < 4.78 is 28.9. The Morgan fingerprint density at radius 3 is 2.33 bits per heavy atom. The first-order valence-electron chi connectivity index (χ1n) is 4.89. The lowest BCUT2D eigenvalue weighted by atomic mass is 10.4. The van der Waals surface area contributed by atoms with Crippen LogP contribution in [0.25, 0.3) is 0 Å². The van der Waals surface area contributed by atoms with E-state index < -0.39 is 13.8 Å². The monoisotopic (exact) mass is 282 g/mol. The number of esters is 1. The number of carbonyl (C=O) groups excluding carboxylic acids is 2. The van der Waals surface area contributed by atoms with E-state index in [9.17, 15) is 14.2 Å². The van der Waals surface area contributed by atoms with E-state index in [0.29, 0.717) is 0 Å². The molecule has 0 saturated heterocycles. The molecule has 0 heterocycles. The average molecular weight is 282 g/mol. The number of hydrogen-bond acceptors (Lipinski definition) is 7. The summed E-state index contributed by atoms with van der Waals surface area (Å²) in [5.41, 5.74) is 0.212. The van der Waals surface area contributed by atoms with Gasteiger partial charge in [0.25, 0.3) is 6.47 Å². The van der Waals surface area contributed by atoms with Crippen molar-refractivity contribution in [2.75, 3.05) is 26.4 Å².